The fraction of sp³-hybridized carbons (Fsp3) is 1.00. The van der Waals surface area contributed by atoms with E-state index in [1.165, 1.54) is 38.5 Å². The van der Waals surface area contributed by atoms with Crippen molar-refractivity contribution < 1.29 is 0 Å². The van der Waals surface area contributed by atoms with Crippen molar-refractivity contribution in [3.8, 4) is 0 Å². The third-order valence-corrected chi connectivity index (χ3v) is 3.13. The van der Waals surface area contributed by atoms with Gasteiger partial charge in [0.2, 0.25) is 0 Å². The predicted molar refractivity (Wildman–Crippen MR) is 54.3 cm³/mol. The van der Waals surface area contributed by atoms with Gasteiger partial charge in [-0.2, -0.15) is 0 Å². The van der Waals surface area contributed by atoms with Crippen molar-refractivity contribution in [2.24, 2.45) is 5.92 Å². The lowest BCUT2D eigenvalue weighted by Gasteiger charge is -2.30. The number of nitrogens with one attached hydrogen (secondary N) is 1. The average molecular weight is 169 g/mol. The lowest BCUT2D eigenvalue weighted by atomic mass is 9.83. The van der Waals surface area contributed by atoms with Crippen molar-refractivity contribution in [1.82, 2.24) is 5.32 Å². The first kappa shape index (κ1) is 10.0. The first-order valence-corrected chi connectivity index (χ1v) is 5.61. The van der Waals surface area contributed by atoms with Gasteiger partial charge in [-0.25, -0.2) is 0 Å². The van der Waals surface area contributed by atoms with Crippen LogP contribution in [-0.4, -0.2) is 12.6 Å². The molecule has 1 heteroatoms. The fourth-order valence-corrected chi connectivity index (χ4v) is 2.44. The second-order valence-corrected chi connectivity index (χ2v) is 3.97. The van der Waals surface area contributed by atoms with E-state index in [4.69, 9.17) is 0 Å². The summed E-state index contributed by atoms with van der Waals surface area (Å²) in [6.07, 6.45) is 8.63. The van der Waals surface area contributed by atoms with Crippen molar-refractivity contribution in [3.63, 3.8) is 0 Å². The summed E-state index contributed by atoms with van der Waals surface area (Å²) < 4.78 is 0. The summed E-state index contributed by atoms with van der Waals surface area (Å²) in [5.74, 6) is 0.976. The van der Waals surface area contributed by atoms with Gasteiger partial charge in [0.05, 0.1) is 0 Å². The molecule has 1 aliphatic rings. The van der Waals surface area contributed by atoms with Gasteiger partial charge in [0.25, 0.3) is 0 Å². The van der Waals surface area contributed by atoms with Crippen molar-refractivity contribution >= 4 is 0 Å². The molecule has 0 bridgehead atoms. The number of hydrogen-bond donors (Lipinski definition) is 1. The van der Waals surface area contributed by atoms with E-state index in [1.54, 1.807) is 0 Å². The van der Waals surface area contributed by atoms with E-state index in [0.29, 0.717) is 0 Å². The molecule has 0 aromatic rings. The lowest BCUT2D eigenvalue weighted by Crippen LogP contribution is -2.36. The van der Waals surface area contributed by atoms with Crippen molar-refractivity contribution in [2.75, 3.05) is 6.54 Å². The molecular formula is C11H23N. The Morgan fingerprint density at radius 2 is 1.83 bits per heavy atom. The summed E-state index contributed by atoms with van der Waals surface area (Å²) in [5.41, 5.74) is 0. The van der Waals surface area contributed by atoms with Gasteiger partial charge < -0.3 is 5.32 Å². The van der Waals surface area contributed by atoms with Gasteiger partial charge in [-0.3, -0.25) is 0 Å². The highest BCUT2D eigenvalue weighted by Crippen LogP contribution is 2.27. The Morgan fingerprint density at radius 3 is 2.33 bits per heavy atom. The van der Waals surface area contributed by atoms with Crippen LogP contribution in [0.3, 0.4) is 0 Å². The SMILES string of the molecule is CCN[C@@H](CC)C1CCCCC1. The van der Waals surface area contributed by atoms with E-state index < -0.39 is 0 Å². The monoisotopic (exact) mass is 169 g/mol. The highest BCUT2D eigenvalue weighted by Gasteiger charge is 2.20. The zero-order valence-electron chi connectivity index (χ0n) is 8.60. The Morgan fingerprint density at radius 1 is 1.17 bits per heavy atom. The molecule has 12 heavy (non-hydrogen) atoms. The average Bonchev–Trinajstić information content (AvgIpc) is 2.15. The van der Waals surface area contributed by atoms with Crippen molar-refractivity contribution in [3.05, 3.63) is 0 Å². The molecule has 0 aromatic heterocycles. The van der Waals surface area contributed by atoms with Gasteiger partial charge in [0.1, 0.15) is 0 Å². The van der Waals surface area contributed by atoms with Crippen molar-refractivity contribution in [2.45, 2.75) is 58.4 Å². The van der Waals surface area contributed by atoms with Crippen LogP contribution in [0.2, 0.25) is 0 Å². The summed E-state index contributed by atoms with van der Waals surface area (Å²) in [6.45, 7) is 5.66. The molecule has 0 unspecified atom stereocenters. The second kappa shape index (κ2) is 5.58. The molecule has 0 saturated heterocycles. The van der Waals surface area contributed by atoms with Crippen LogP contribution >= 0.6 is 0 Å². The Labute approximate surface area is 76.9 Å². The molecule has 1 atom stereocenters. The van der Waals surface area contributed by atoms with Gasteiger partial charge >= 0.3 is 0 Å². The molecule has 0 aromatic carbocycles. The number of hydrogen-bond acceptors (Lipinski definition) is 1. The molecule has 1 fully saturated rings. The minimum Gasteiger partial charge on any atom is -0.314 e. The molecule has 1 N–H and O–H groups in total. The maximum atomic E-state index is 3.60. The van der Waals surface area contributed by atoms with E-state index in [1.807, 2.05) is 0 Å². The third-order valence-electron chi connectivity index (χ3n) is 3.13. The standard InChI is InChI=1S/C11H23N/c1-3-11(12-4-2)10-8-6-5-7-9-10/h10-12H,3-9H2,1-2H3/t11-/m0/s1. The van der Waals surface area contributed by atoms with Crippen molar-refractivity contribution in [1.29, 1.82) is 0 Å². The third kappa shape index (κ3) is 2.78. The van der Waals surface area contributed by atoms with Crippen LogP contribution in [0, 0.1) is 5.92 Å². The lowest BCUT2D eigenvalue weighted by molar-refractivity contribution is 0.266. The highest BCUT2D eigenvalue weighted by atomic mass is 14.9. The summed E-state index contributed by atoms with van der Waals surface area (Å²) in [6, 6.07) is 0.801. The maximum absolute atomic E-state index is 3.60. The smallest absolute Gasteiger partial charge is 0.00925 e. The van der Waals surface area contributed by atoms with Crippen LogP contribution in [0.4, 0.5) is 0 Å². The Bertz CT molecular complexity index is 103. The zero-order valence-corrected chi connectivity index (χ0v) is 8.60. The predicted octanol–water partition coefficient (Wildman–Crippen LogP) is 2.95. The quantitative estimate of drug-likeness (QED) is 0.682. The van der Waals surface area contributed by atoms with E-state index in [-0.39, 0.29) is 0 Å². The Hall–Kier alpha value is -0.0400. The zero-order chi connectivity index (χ0) is 8.81. The largest absolute Gasteiger partial charge is 0.314 e. The summed E-state index contributed by atoms with van der Waals surface area (Å²) >= 11 is 0. The summed E-state index contributed by atoms with van der Waals surface area (Å²) in [5, 5.41) is 3.60. The van der Waals surface area contributed by atoms with Crippen LogP contribution in [0.1, 0.15) is 52.4 Å². The molecule has 1 aliphatic carbocycles. The summed E-state index contributed by atoms with van der Waals surface area (Å²) in [4.78, 5) is 0. The molecule has 72 valence electrons. The van der Waals surface area contributed by atoms with Crippen LogP contribution in [0.5, 0.6) is 0 Å². The molecular weight excluding hydrogens is 146 g/mol. The normalized spacial score (nSPS) is 22.5. The molecule has 0 aliphatic heterocycles. The molecule has 0 heterocycles. The Balaban J connectivity index is 2.29. The van der Waals surface area contributed by atoms with E-state index in [0.717, 1.165) is 18.5 Å². The van der Waals surface area contributed by atoms with Crippen LogP contribution in [0.15, 0.2) is 0 Å². The molecule has 1 nitrogen and oxygen atoms in total. The minimum absolute atomic E-state index is 0.801. The molecule has 0 amide bonds. The van der Waals surface area contributed by atoms with Gasteiger partial charge in [-0.15, -0.1) is 0 Å². The van der Waals surface area contributed by atoms with Gasteiger partial charge in [-0.05, 0) is 31.7 Å². The van der Waals surface area contributed by atoms with E-state index >= 15 is 0 Å². The molecule has 1 saturated carbocycles. The molecule has 0 radical (unpaired) electrons. The number of rotatable bonds is 4. The first-order chi connectivity index (χ1) is 5.88. The van der Waals surface area contributed by atoms with Gasteiger partial charge in [-0.1, -0.05) is 33.1 Å². The summed E-state index contributed by atoms with van der Waals surface area (Å²) in [7, 11) is 0. The minimum atomic E-state index is 0.801. The van der Waals surface area contributed by atoms with Crippen LogP contribution < -0.4 is 5.32 Å². The van der Waals surface area contributed by atoms with Gasteiger partial charge in [0.15, 0.2) is 0 Å². The second-order valence-electron chi connectivity index (χ2n) is 3.97. The fourth-order valence-electron chi connectivity index (χ4n) is 2.44. The van der Waals surface area contributed by atoms with E-state index in [2.05, 4.69) is 19.2 Å². The maximum Gasteiger partial charge on any atom is 0.00925 e. The first-order valence-electron chi connectivity index (χ1n) is 5.61. The Kier molecular flexibility index (Phi) is 4.67. The highest BCUT2D eigenvalue weighted by molar-refractivity contribution is 4.77. The topological polar surface area (TPSA) is 12.0 Å². The molecule has 1 rings (SSSR count). The van der Waals surface area contributed by atoms with E-state index in [9.17, 15) is 0 Å². The van der Waals surface area contributed by atoms with Gasteiger partial charge in [0, 0.05) is 6.04 Å². The van der Waals surface area contributed by atoms with Crippen LogP contribution in [0.25, 0.3) is 0 Å². The molecule has 0 spiro atoms. The van der Waals surface area contributed by atoms with Crippen LogP contribution in [-0.2, 0) is 0 Å².